The number of hydrogen-bond acceptors (Lipinski definition) is 5. The van der Waals surface area contributed by atoms with Crippen LogP contribution in [0.15, 0.2) is 72.3 Å². The van der Waals surface area contributed by atoms with E-state index in [0.29, 0.717) is 22.6 Å². The van der Waals surface area contributed by atoms with Crippen molar-refractivity contribution < 1.29 is 19.1 Å². The normalized spacial score (nSPS) is 14.7. The summed E-state index contributed by atoms with van der Waals surface area (Å²) in [5.74, 6) is -0.866. The van der Waals surface area contributed by atoms with E-state index in [0.717, 1.165) is 21.6 Å². The van der Waals surface area contributed by atoms with Crippen molar-refractivity contribution in [2.75, 3.05) is 4.90 Å². The van der Waals surface area contributed by atoms with Crippen molar-refractivity contribution >= 4 is 29.6 Å². The van der Waals surface area contributed by atoms with Crippen LogP contribution in [0.25, 0.3) is 6.08 Å². The number of barbiturate groups is 1. The van der Waals surface area contributed by atoms with E-state index in [1.807, 2.05) is 32.0 Å². The average molecular weight is 451 g/mol. The molecule has 1 aliphatic heterocycles. The van der Waals surface area contributed by atoms with Crippen molar-refractivity contribution in [3.63, 3.8) is 0 Å². The monoisotopic (exact) mass is 451 g/mol. The van der Waals surface area contributed by atoms with Gasteiger partial charge in [0, 0.05) is 5.56 Å². The van der Waals surface area contributed by atoms with Crippen LogP contribution < -0.4 is 15.0 Å². The number of benzene rings is 3. The second kappa shape index (κ2) is 9.43. The van der Waals surface area contributed by atoms with E-state index < -0.39 is 17.8 Å². The van der Waals surface area contributed by atoms with E-state index in [-0.39, 0.29) is 12.2 Å². The molecule has 34 heavy (non-hydrogen) atoms. The van der Waals surface area contributed by atoms with Gasteiger partial charge in [0.2, 0.25) is 0 Å². The third-order valence-electron chi connectivity index (χ3n) is 5.57. The van der Waals surface area contributed by atoms with Gasteiger partial charge in [-0.25, -0.2) is 9.69 Å². The van der Waals surface area contributed by atoms with E-state index in [1.165, 1.54) is 6.08 Å². The summed E-state index contributed by atoms with van der Waals surface area (Å²) in [5, 5.41) is 11.4. The molecule has 1 aliphatic rings. The Morgan fingerprint density at radius 1 is 0.971 bits per heavy atom. The maximum Gasteiger partial charge on any atom is 0.335 e. The minimum atomic E-state index is -0.781. The summed E-state index contributed by atoms with van der Waals surface area (Å²) in [7, 11) is 0. The van der Waals surface area contributed by atoms with Crippen molar-refractivity contribution in [3.8, 4) is 11.8 Å². The van der Waals surface area contributed by atoms with E-state index in [4.69, 9.17) is 4.74 Å². The lowest BCUT2D eigenvalue weighted by Gasteiger charge is -2.26. The van der Waals surface area contributed by atoms with Gasteiger partial charge >= 0.3 is 6.03 Å². The Kier molecular flexibility index (Phi) is 6.24. The van der Waals surface area contributed by atoms with Crippen molar-refractivity contribution in [3.05, 3.63) is 100 Å². The zero-order valence-corrected chi connectivity index (χ0v) is 18.7. The fourth-order valence-electron chi connectivity index (χ4n) is 3.50. The molecule has 0 aliphatic carbocycles. The predicted octanol–water partition coefficient (Wildman–Crippen LogP) is 4.42. The fourth-order valence-corrected chi connectivity index (χ4v) is 3.50. The van der Waals surface area contributed by atoms with Gasteiger partial charge in [0.1, 0.15) is 17.9 Å². The molecule has 4 amide bonds. The van der Waals surface area contributed by atoms with Gasteiger partial charge in [0.25, 0.3) is 11.8 Å². The molecule has 1 fully saturated rings. The maximum absolute atomic E-state index is 13.1. The Hall–Kier alpha value is -4.70. The number of anilines is 1. The van der Waals surface area contributed by atoms with Crippen molar-refractivity contribution in [1.29, 1.82) is 5.26 Å². The Morgan fingerprint density at radius 2 is 1.71 bits per heavy atom. The minimum absolute atomic E-state index is 0.144. The first-order chi connectivity index (χ1) is 16.4. The minimum Gasteiger partial charge on any atom is -0.489 e. The third kappa shape index (κ3) is 4.57. The highest BCUT2D eigenvalue weighted by Crippen LogP contribution is 2.25. The molecular formula is C27H21N3O4. The summed E-state index contributed by atoms with van der Waals surface area (Å²) in [6.45, 7) is 4.05. The molecule has 0 radical (unpaired) electrons. The molecule has 168 valence electrons. The molecule has 1 N–H and O–H groups in total. The summed E-state index contributed by atoms with van der Waals surface area (Å²) in [6, 6.07) is 20.6. The highest BCUT2D eigenvalue weighted by Gasteiger charge is 2.36. The second-order valence-corrected chi connectivity index (χ2v) is 7.85. The molecular weight excluding hydrogens is 430 g/mol. The predicted molar refractivity (Wildman–Crippen MR) is 127 cm³/mol. The molecule has 0 aromatic heterocycles. The molecule has 1 heterocycles. The van der Waals surface area contributed by atoms with E-state index in [9.17, 15) is 19.6 Å². The zero-order chi connectivity index (χ0) is 24.2. The van der Waals surface area contributed by atoms with Gasteiger partial charge in [-0.1, -0.05) is 36.4 Å². The molecule has 0 spiro atoms. The molecule has 3 aromatic rings. The van der Waals surface area contributed by atoms with Crippen LogP contribution in [0.1, 0.15) is 27.8 Å². The molecule has 0 bridgehead atoms. The molecule has 7 heteroatoms. The van der Waals surface area contributed by atoms with Crippen molar-refractivity contribution in [2.24, 2.45) is 0 Å². The van der Waals surface area contributed by atoms with Crippen LogP contribution >= 0.6 is 0 Å². The number of carbonyl (C=O) groups is 3. The Morgan fingerprint density at radius 3 is 2.41 bits per heavy atom. The van der Waals surface area contributed by atoms with E-state index in [2.05, 4.69) is 11.4 Å². The summed E-state index contributed by atoms with van der Waals surface area (Å²) in [6.07, 6.45) is 1.44. The quantitative estimate of drug-likeness (QED) is 0.457. The lowest BCUT2D eigenvalue weighted by Crippen LogP contribution is -2.54. The molecule has 1 saturated heterocycles. The van der Waals surface area contributed by atoms with Crippen LogP contribution in [0.2, 0.25) is 0 Å². The van der Waals surface area contributed by atoms with E-state index >= 15 is 0 Å². The first-order valence-electron chi connectivity index (χ1n) is 10.6. The zero-order valence-electron chi connectivity index (χ0n) is 18.7. The number of nitrogens with one attached hydrogen (secondary N) is 1. The third-order valence-corrected chi connectivity index (χ3v) is 5.57. The average Bonchev–Trinajstić information content (AvgIpc) is 2.83. The number of carbonyl (C=O) groups excluding carboxylic acids is 3. The maximum atomic E-state index is 13.1. The fraction of sp³-hybridized carbons (Fsp3) is 0.111. The van der Waals surface area contributed by atoms with Crippen LogP contribution in [0.4, 0.5) is 10.5 Å². The standard InChI is InChI=1S/C27H21N3O4/c1-17-7-10-22(13-18(17)2)30-26(32)24(25(31)29-27(30)33)14-19-8-11-23(12-9-19)34-16-21-6-4-3-5-20(21)15-28/h3-14H,16H2,1-2H3,(H,29,31,33)/b24-14+. The number of ether oxygens (including phenoxy) is 1. The van der Waals surface area contributed by atoms with Gasteiger partial charge in [0.15, 0.2) is 0 Å². The number of nitriles is 1. The Labute approximate surface area is 196 Å². The molecule has 3 aromatic carbocycles. The van der Waals surface area contributed by atoms with Crippen LogP contribution in [0.5, 0.6) is 5.75 Å². The molecule has 0 unspecified atom stereocenters. The van der Waals surface area contributed by atoms with Gasteiger partial charge in [0.05, 0.1) is 17.3 Å². The number of nitrogens with zero attached hydrogens (tertiary/aromatic N) is 2. The first kappa shape index (κ1) is 22.5. The number of urea groups is 1. The van der Waals surface area contributed by atoms with Crippen molar-refractivity contribution in [2.45, 2.75) is 20.5 Å². The lowest BCUT2D eigenvalue weighted by atomic mass is 10.1. The molecule has 0 atom stereocenters. The highest BCUT2D eigenvalue weighted by atomic mass is 16.5. The van der Waals surface area contributed by atoms with Crippen LogP contribution in [0.3, 0.4) is 0 Å². The molecule has 7 nitrogen and oxygen atoms in total. The highest BCUT2D eigenvalue weighted by molar-refractivity contribution is 6.39. The summed E-state index contributed by atoms with van der Waals surface area (Å²) in [5.41, 5.74) is 4.12. The summed E-state index contributed by atoms with van der Waals surface area (Å²) in [4.78, 5) is 38.8. The number of rotatable bonds is 5. The number of hydrogen-bond donors (Lipinski definition) is 1. The number of amides is 4. The van der Waals surface area contributed by atoms with Crippen LogP contribution in [-0.4, -0.2) is 17.8 Å². The Bertz CT molecular complexity index is 1370. The van der Waals surface area contributed by atoms with Gasteiger partial charge in [-0.3, -0.25) is 14.9 Å². The SMILES string of the molecule is Cc1ccc(N2C(=O)NC(=O)/C(=C\c3ccc(OCc4ccccc4C#N)cc3)C2=O)cc1C. The van der Waals surface area contributed by atoms with Gasteiger partial charge in [-0.2, -0.15) is 5.26 Å². The first-order valence-corrected chi connectivity index (χ1v) is 10.6. The van der Waals surface area contributed by atoms with Crippen LogP contribution in [0, 0.1) is 25.2 Å². The summed E-state index contributed by atoms with van der Waals surface area (Å²) < 4.78 is 5.76. The van der Waals surface area contributed by atoms with Gasteiger partial charge < -0.3 is 4.74 Å². The Balaban J connectivity index is 1.53. The smallest absolute Gasteiger partial charge is 0.335 e. The lowest BCUT2D eigenvalue weighted by molar-refractivity contribution is -0.122. The topological polar surface area (TPSA) is 99.5 Å². The molecule has 4 rings (SSSR count). The number of aryl methyl sites for hydroxylation is 2. The van der Waals surface area contributed by atoms with E-state index in [1.54, 1.807) is 48.5 Å². The van der Waals surface area contributed by atoms with Crippen LogP contribution in [-0.2, 0) is 16.2 Å². The van der Waals surface area contributed by atoms with Gasteiger partial charge in [-0.15, -0.1) is 0 Å². The summed E-state index contributed by atoms with van der Waals surface area (Å²) >= 11 is 0. The molecule has 0 saturated carbocycles. The van der Waals surface area contributed by atoms with Gasteiger partial charge in [-0.05, 0) is 66.9 Å². The van der Waals surface area contributed by atoms with Crippen molar-refractivity contribution in [1.82, 2.24) is 5.32 Å². The second-order valence-electron chi connectivity index (χ2n) is 7.85. The number of imide groups is 2. The largest absolute Gasteiger partial charge is 0.489 e.